The van der Waals surface area contributed by atoms with Crippen molar-refractivity contribution in [3.8, 4) is 11.1 Å². The summed E-state index contributed by atoms with van der Waals surface area (Å²) < 4.78 is 36.2. The molecule has 0 radical (unpaired) electrons. The second-order valence-corrected chi connectivity index (χ2v) is 14.3. The normalized spacial score (nSPS) is 15.0. The maximum Gasteiger partial charge on any atom is 0.348 e. The summed E-state index contributed by atoms with van der Waals surface area (Å²) in [6, 6.07) is 5.59. The van der Waals surface area contributed by atoms with Crippen LogP contribution in [0.4, 0.5) is 8.78 Å². The molecule has 0 aliphatic carbocycles. The molecule has 2 heterocycles. The molecule has 2 aromatic carbocycles. The van der Waals surface area contributed by atoms with Crippen molar-refractivity contribution in [3.05, 3.63) is 85.8 Å². The van der Waals surface area contributed by atoms with Crippen molar-refractivity contribution in [1.82, 2.24) is 19.8 Å². The molecular formula is C39H52F2N4O4. The van der Waals surface area contributed by atoms with Crippen LogP contribution in [0.2, 0.25) is 0 Å². The first-order valence-electron chi connectivity index (χ1n) is 17.4. The zero-order chi connectivity index (χ0) is 36.2. The van der Waals surface area contributed by atoms with Crippen LogP contribution in [-0.4, -0.2) is 58.7 Å². The van der Waals surface area contributed by atoms with Crippen LogP contribution in [0.25, 0.3) is 11.1 Å². The summed E-state index contributed by atoms with van der Waals surface area (Å²) in [4.78, 5) is 47.2. The third-order valence-electron chi connectivity index (χ3n) is 9.17. The van der Waals surface area contributed by atoms with Crippen LogP contribution >= 0.6 is 0 Å². The molecule has 0 unspecified atom stereocenters. The van der Waals surface area contributed by atoms with E-state index in [1.54, 1.807) is 32.2 Å². The molecule has 1 saturated heterocycles. The van der Waals surface area contributed by atoms with Gasteiger partial charge in [-0.1, -0.05) is 45.4 Å². The highest BCUT2D eigenvalue weighted by Crippen LogP contribution is 2.34. The zero-order valence-corrected chi connectivity index (χ0v) is 30.5. The number of carbonyl (C=O) groups excluding carboxylic acids is 2. The van der Waals surface area contributed by atoms with Crippen LogP contribution in [0.15, 0.2) is 35.3 Å². The number of hydrogen-bond donors (Lipinski definition) is 1. The highest BCUT2D eigenvalue weighted by molar-refractivity contribution is 5.82. The van der Waals surface area contributed by atoms with Crippen LogP contribution in [0.1, 0.15) is 105 Å². The van der Waals surface area contributed by atoms with Crippen LogP contribution in [0, 0.1) is 39.4 Å². The lowest BCUT2D eigenvalue weighted by molar-refractivity contribution is -0.144. The average Bonchev–Trinajstić information content (AvgIpc) is 2.98. The van der Waals surface area contributed by atoms with Gasteiger partial charge >= 0.3 is 11.7 Å². The zero-order valence-electron chi connectivity index (χ0n) is 30.5. The first kappa shape index (κ1) is 37.9. The van der Waals surface area contributed by atoms with Crippen molar-refractivity contribution in [1.29, 1.82) is 0 Å². The summed E-state index contributed by atoms with van der Waals surface area (Å²) in [6.45, 7) is 18.7. The first-order chi connectivity index (χ1) is 23.1. The molecule has 1 aromatic heterocycles. The number of hydrogen-bond acceptors (Lipinski definition) is 6. The lowest BCUT2D eigenvalue weighted by Crippen LogP contribution is -2.49. The third kappa shape index (κ3) is 9.21. The van der Waals surface area contributed by atoms with Crippen molar-refractivity contribution in [3.63, 3.8) is 0 Å². The summed E-state index contributed by atoms with van der Waals surface area (Å²) in [5.41, 5.74) is 6.38. The van der Waals surface area contributed by atoms with Gasteiger partial charge in [-0.25, -0.2) is 13.6 Å². The van der Waals surface area contributed by atoms with E-state index in [1.165, 1.54) is 4.57 Å². The van der Waals surface area contributed by atoms with Crippen LogP contribution in [0.3, 0.4) is 0 Å². The molecule has 1 aliphatic heterocycles. The number of amides is 1. The summed E-state index contributed by atoms with van der Waals surface area (Å²) in [5.74, 6) is -1.65. The summed E-state index contributed by atoms with van der Waals surface area (Å²) in [6.07, 6.45) is 1.44. The molecule has 8 nitrogen and oxygen atoms in total. The largest absolute Gasteiger partial charge is 0.466 e. The molecule has 49 heavy (non-hydrogen) atoms. The van der Waals surface area contributed by atoms with Gasteiger partial charge in [0.1, 0.15) is 18.0 Å². The van der Waals surface area contributed by atoms with Crippen LogP contribution in [-0.2, 0) is 20.7 Å². The van der Waals surface area contributed by atoms with Gasteiger partial charge < -0.3 is 10.1 Å². The second-order valence-electron chi connectivity index (χ2n) is 14.3. The predicted octanol–water partition coefficient (Wildman–Crippen LogP) is 7.00. The number of aromatic nitrogens is 2. The Balaban J connectivity index is 1.77. The van der Waals surface area contributed by atoms with Gasteiger partial charge in [0.05, 0.1) is 24.8 Å². The van der Waals surface area contributed by atoms with Gasteiger partial charge in [0.25, 0.3) is 0 Å². The van der Waals surface area contributed by atoms with E-state index >= 15 is 4.39 Å². The molecule has 1 aliphatic rings. The van der Waals surface area contributed by atoms with Crippen molar-refractivity contribution >= 4 is 11.9 Å². The van der Waals surface area contributed by atoms with Crippen molar-refractivity contribution in [2.24, 2.45) is 5.92 Å². The predicted molar refractivity (Wildman–Crippen MR) is 189 cm³/mol. The number of likely N-dealkylation sites (tertiary alicyclic amines) is 1. The Labute approximate surface area is 289 Å². The number of benzene rings is 2. The standard InChI is InChI=1S/C39H52F2N4O4/c1-10-49-34(46)18-32(31-17-29(16-27(9)36(31)41)35-25(7)14-24(6)15-26(35)8)42-38(47)33(13-22(2)3)45-19-28(11-12-44-20-30(40)21-44)37(23(4)5)43-39(45)48/h14-17,19,22-23,30,32-33H,10-13,18,20-21H2,1-9H3,(H,42,47)/t32-,33-/m0/s1. The van der Waals surface area contributed by atoms with Gasteiger partial charge in [0.2, 0.25) is 5.91 Å². The number of rotatable bonds is 14. The van der Waals surface area contributed by atoms with Gasteiger partial charge in [-0.15, -0.1) is 0 Å². The fraction of sp³-hybridized carbons (Fsp3) is 0.538. The van der Waals surface area contributed by atoms with E-state index in [9.17, 15) is 18.8 Å². The van der Waals surface area contributed by atoms with E-state index in [1.807, 2.05) is 53.4 Å². The Morgan fingerprint density at radius 3 is 2.24 bits per heavy atom. The summed E-state index contributed by atoms with van der Waals surface area (Å²) in [7, 11) is 0. The number of aryl methyl sites for hydroxylation is 4. The molecule has 266 valence electrons. The quantitative estimate of drug-likeness (QED) is 0.185. The smallest absolute Gasteiger partial charge is 0.348 e. The Hall–Kier alpha value is -3.92. The molecule has 10 heteroatoms. The number of nitrogens with one attached hydrogen (secondary N) is 1. The minimum absolute atomic E-state index is 0.0109. The van der Waals surface area contributed by atoms with Gasteiger partial charge in [0, 0.05) is 31.4 Å². The number of halogens is 2. The molecule has 1 fully saturated rings. The highest BCUT2D eigenvalue weighted by Gasteiger charge is 2.31. The van der Waals surface area contributed by atoms with Gasteiger partial charge in [-0.3, -0.25) is 19.1 Å². The minimum Gasteiger partial charge on any atom is -0.466 e. The number of esters is 1. The lowest BCUT2D eigenvalue weighted by atomic mass is 9.89. The van der Waals surface area contributed by atoms with Gasteiger partial charge in [0.15, 0.2) is 0 Å². The number of ether oxygens (including phenoxy) is 1. The van der Waals surface area contributed by atoms with E-state index in [0.29, 0.717) is 43.7 Å². The second kappa shape index (κ2) is 16.2. The summed E-state index contributed by atoms with van der Waals surface area (Å²) >= 11 is 0. The molecule has 0 bridgehead atoms. The van der Waals surface area contributed by atoms with E-state index in [0.717, 1.165) is 33.4 Å². The van der Waals surface area contributed by atoms with Crippen molar-refractivity contribution in [2.45, 2.75) is 106 Å². The molecule has 2 atom stereocenters. The maximum atomic E-state index is 16.1. The van der Waals surface area contributed by atoms with E-state index < -0.39 is 41.6 Å². The molecular weight excluding hydrogens is 626 g/mol. The molecule has 0 spiro atoms. The lowest BCUT2D eigenvalue weighted by Gasteiger charge is -2.34. The summed E-state index contributed by atoms with van der Waals surface area (Å²) in [5, 5.41) is 2.95. The Kier molecular flexibility index (Phi) is 12.5. The topological polar surface area (TPSA) is 93.5 Å². The van der Waals surface area contributed by atoms with Crippen LogP contribution in [0.5, 0.6) is 0 Å². The Bertz CT molecular complexity index is 1710. The Morgan fingerprint density at radius 2 is 1.67 bits per heavy atom. The van der Waals surface area contributed by atoms with E-state index in [4.69, 9.17) is 4.74 Å². The van der Waals surface area contributed by atoms with Crippen molar-refractivity contribution < 1.29 is 23.1 Å². The number of nitrogens with zero attached hydrogens (tertiary/aromatic N) is 3. The highest BCUT2D eigenvalue weighted by atomic mass is 19.1. The SMILES string of the molecule is CCOC(=O)C[C@H](NC(=O)[C@H](CC(C)C)n1cc(CCN2CC(F)C2)c(C(C)C)nc1=O)c1cc(-c2c(C)cc(C)cc2C)cc(C)c1F. The average molecular weight is 679 g/mol. The first-order valence-corrected chi connectivity index (χ1v) is 17.4. The van der Waals surface area contributed by atoms with Gasteiger partial charge in [-0.05, 0) is 105 Å². The molecule has 1 amide bonds. The maximum absolute atomic E-state index is 16.1. The number of carbonyl (C=O) groups is 2. The van der Waals surface area contributed by atoms with E-state index in [2.05, 4.69) is 22.4 Å². The number of alkyl halides is 1. The Morgan fingerprint density at radius 1 is 1.02 bits per heavy atom. The molecule has 4 rings (SSSR count). The molecule has 3 aromatic rings. The molecule has 0 saturated carbocycles. The fourth-order valence-corrected chi connectivity index (χ4v) is 6.92. The monoisotopic (exact) mass is 678 g/mol. The fourth-order valence-electron chi connectivity index (χ4n) is 6.92. The minimum atomic E-state index is -1.07. The molecule has 1 N–H and O–H groups in total. The van der Waals surface area contributed by atoms with E-state index in [-0.39, 0.29) is 30.4 Å². The van der Waals surface area contributed by atoms with Crippen LogP contribution < -0.4 is 11.0 Å². The van der Waals surface area contributed by atoms with Crippen molar-refractivity contribution in [2.75, 3.05) is 26.2 Å². The third-order valence-corrected chi connectivity index (χ3v) is 9.17. The van der Waals surface area contributed by atoms with Gasteiger partial charge in [-0.2, -0.15) is 4.98 Å².